The van der Waals surface area contributed by atoms with E-state index in [1.165, 1.54) is 12.1 Å². The third-order valence-corrected chi connectivity index (χ3v) is 8.57. The van der Waals surface area contributed by atoms with Crippen LogP contribution in [-0.2, 0) is 10.3 Å². The van der Waals surface area contributed by atoms with Gasteiger partial charge >= 0.3 is 12.1 Å². The van der Waals surface area contributed by atoms with Crippen LogP contribution < -0.4 is 10.2 Å². The molecule has 1 N–H and O–H groups in total. The zero-order valence-electron chi connectivity index (χ0n) is 22.7. The van der Waals surface area contributed by atoms with E-state index in [1.807, 2.05) is 26.8 Å². The molecule has 1 spiro atoms. The van der Waals surface area contributed by atoms with Crippen LogP contribution in [0.25, 0.3) is 5.65 Å². The number of ether oxygens (including phenoxy) is 1. The second-order valence-corrected chi connectivity index (χ2v) is 12.6. The van der Waals surface area contributed by atoms with Crippen molar-refractivity contribution in [3.05, 3.63) is 53.9 Å². The van der Waals surface area contributed by atoms with Gasteiger partial charge in [0.25, 0.3) is 0 Å². The normalized spacial score (nSPS) is 24.5. The summed E-state index contributed by atoms with van der Waals surface area (Å²) in [4.78, 5) is 35.5. The Kier molecular flexibility index (Phi) is 5.18. The highest BCUT2D eigenvalue weighted by Gasteiger charge is 2.64. The van der Waals surface area contributed by atoms with Crippen LogP contribution in [-0.4, -0.2) is 74.8 Å². The molecule has 1 aromatic carbocycles. The maximum Gasteiger partial charge on any atom is 0.410 e. The number of fused-ring (bicyclic) bond motifs is 2. The fraction of sp³-hybridized carbons (Fsp3) is 0.500. The first-order valence-corrected chi connectivity index (χ1v) is 13.6. The number of rotatable bonds is 3. The van der Waals surface area contributed by atoms with Crippen LogP contribution in [0.1, 0.15) is 39.2 Å². The number of likely N-dealkylation sites (tertiary alicyclic amines) is 2. The number of amides is 3. The Bertz CT molecular complexity index is 1540. The van der Waals surface area contributed by atoms with Gasteiger partial charge in [0.2, 0.25) is 0 Å². The van der Waals surface area contributed by atoms with E-state index >= 15 is 0 Å². The highest BCUT2D eigenvalue weighted by atomic mass is 19.1. The molecule has 3 aliphatic heterocycles. The predicted molar refractivity (Wildman–Crippen MR) is 142 cm³/mol. The molecule has 5 heterocycles. The van der Waals surface area contributed by atoms with E-state index in [0.717, 1.165) is 18.9 Å². The quantitative estimate of drug-likeness (QED) is 0.524. The zero-order chi connectivity index (χ0) is 28.0. The van der Waals surface area contributed by atoms with Crippen molar-refractivity contribution in [2.45, 2.75) is 44.8 Å². The molecule has 4 fully saturated rings. The molecule has 1 saturated carbocycles. The van der Waals surface area contributed by atoms with Gasteiger partial charge in [-0.05, 0) is 63.8 Å². The SMILES string of the molecule is CC(C)(C)OC(=O)N1CC2(CN(C(=O)Nc3cnn4ccc(N5CC[C@H]6C[C@]65c5cc(F)ccc5F)nc34)C2)C1. The number of halogens is 2. The molecule has 0 unspecified atom stereocenters. The van der Waals surface area contributed by atoms with Crippen LogP contribution in [0.4, 0.5) is 29.9 Å². The maximum absolute atomic E-state index is 14.8. The minimum Gasteiger partial charge on any atom is -0.444 e. The van der Waals surface area contributed by atoms with E-state index < -0.39 is 22.8 Å². The Morgan fingerprint density at radius 1 is 1.10 bits per heavy atom. The number of piperidine rings is 1. The molecule has 7 rings (SSSR count). The molecular formula is C28H31F2N7O3. The van der Waals surface area contributed by atoms with E-state index in [1.54, 1.807) is 26.7 Å². The number of hydrogen-bond donors (Lipinski definition) is 1. The Labute approximate surface area is 229 Å². The topological polar surface area (TPSA) is 95.3 Å². The Hall–Kier alpha value is -3.96. The highest BCUT2D eigenvalue weighted by Crippen LogP contribution is 2.63. The summed E-state index contributed by atoms with van der Waals surface area (Å²) in [7, 11) is 0. The molecule has 210 valence electrons. The molecule has 3 aromatic rings. The molecule has 3 amide bonds. The lowest BCUT2D eigenvalue weighted by Crippen LogP contribution is -2.74. The molecular weight excluding hydrogens is 520 g/mol. The lowest BCUT2D eigenvalue weighted by molar-refractivity contribution is -0.0935. The van der Waals surface area contributed by atoms with Gasteiger partial charge in [0, 0.05) is 49.9 Å². The molecule has 0 radical (unpaired) electrons. The first kappa shape index (κ1) is 25.0. The number of aromatic nitrogens is 3. The second-order valence-electron chi connectivity index (χ2n) is 12.6. The van der Waals surface area contributed by atoms with Gasteiger partial charge in [0.05, 0.1) is 11.7 Å². The van der Waals surface area contributed by atoms with Gasteiger partial charge in [-0.3, -0.25) is 0 Å². The zero-order valence-corrected chi connectivity index (χ0v) is 22.7. The third kappa shape index (κ3) is 3.87. The van der Waals surface area contributed by atoms with Crippen molar-refractivity contribution in [1.82, 2.24) is 24.4 Å². The lowest BCUT2D eigenvalue weighted by Gasteiger charge is -2.59. The van der Waals surface area contributed by atoms with Crippen LogP contribution in [0.15, 0.2) is 36.7 Å². The van der Waals surface area contributed by atoms with E-state index in [9.17, 15) is 18.4 Å². The molecule has 10 nitrogen and oxygen atoms in total. The number of carbonyl (C=O) groups is 2. The van der Waals surface area contributed by atoms with Crippen molar-refractivity contribution >= 4 is 29.3 Å². The second kappa shape index (κ2) is 8.28. The number of anilines is 2. The van der Waals surface area contributed by atoms with Crippen molar-refractivity contribution in [2.24, 2.45) is 11.3 Å². The van der Waals surface area contributed by atoms with Crippen LogP contribution in [0.3, 0.4) is 0 Å². The molecule has 3 saturated heterocycles. The third-order valence-electron chi connectivity index (χ3n) is 8.57. The predicted octanol–water partition coefficient (Wildman–Crippen LogP) is 4.22. The van der Waals surface area contributed by atoms with Gasteiger partial charge in [-0.25, -0.2) is 27.9 Å². The van der Waals surface area contributed by atoms with Crippen molar-refractivity contribution in [3.63, 3.8) is 0 Å². The van der Waals surface area contributed by atoms with Gasteiger partial charge in [-0.2, -0.15) is 5.10 Å². The summed E-state index contributed by atoms with van der Waals surface area (Å²) in [5.74, 6) is -0.00367. The van der Waals surface area contributed by atoms with Gasteiger partial charge in [-0.15, -0.1) is 0 Å². The van der Waals surface area contributed by atoms with Crippen LogP contribution in [0.2, 0.25) is 0 Å². The van der Waals surface area contributed by atoms with Gasteiger partial charge in [0.15, 0.2) is 5.65 Å². The maximum atomic E-state index is 14.8. The number of urea groups is 1. The average molecular weight is 552 g/mol. The lowest BCUT2D eigenvalue weighted by atomic mass is 9.73. The van der Waals surface area contributed by atoms with Crippen LogP contribution >= 0.6 is 0 Å². The van der Waals surface area contributed by atoms with E-state index in [2.05, 4.69) is 15.3 Å². The van der Waals surface area contributed by atoms with Crippen molar-refractivity contribution in [3.8, 4) is 0 Å². The summed E-state index contributed by atoms with van der Waals surface area (Å²) in [6.07, 6.45) is 4.60. The van der Waals surface area contributed by atoms with Crippen molar-refractivity contribution < 1.29 is 23.1 Å². The summed E-state index contributed by atoms with van der Waals surface area (Å²) >= 11 is 0. The number of nitrogens with zero attached hydrogens (tertiary/aromatic N) is 6. The first-order valence-electron chi connectivity index (χ1n) is 13.6. The Morgan fingerprint density at radius 3 is 2.58 bits per heavy atom. The molecule has 2 atom stereocenters. The summed E-state index contributed by atoms with van der Waals surface area (Å²) < 4.78 is 35.9. The minimum absolute atomic E-state index is 0.0855. The van der Waals surface area contributed by atoms with E-state index in [4.69, 9.17) is 9.72 Å². The van der Waals surface area contributed by atoms with E-state index in [0.29, 0.717) is 55.4 Å². The van der Waals surface area contributed by atoms with Gasteiger partial charge in [-0.1, -0.05) is 0 Å². The summed E-state index contributed by atoms with van der Waals surface area (Å²) in [5, 5.41) is 7.25. The smallest absolute Gasteiger partial charge is 0.410 e. The number of carbonyl (C=O) groups excluding carboxylic acids is 2. The molecule has 1 aliphatic carbocycles. The summed E-state index contributed by atoms with van der Waals surface area (Å²) in [5.41, 5.74) is 0.0699. The number of benzene rings is 1. The monoisotopic (exact) mass is 551 g/mol. The van der Waals surface area contributed by atoms with Crippen molar-refractivity contribution in [1.29, 1.82) is 0 Å². The first-order chi connectivity index (χ1) is 19.0. The van der Waals surface area contributed by atoms with E-state index in [-0.39, 0.29) is 23.5 Å². The number of nitrogens with one attached hydrogen (secondary N) is 1. The standard InChI is InChI=1S/C28H31F2N7O3/c1-26(2,3)40-25(39)35-15-27(16-35)13-34(14-27)24(38)32-21-12-31-37-9-7-22(33-23(21)37)36-8-6-17-11-28(17,36)19-10-18(29)4-5-20(19)30/h4-5,7,9-10,12,17H,6,8,11,13-16H2,1-3H3,(H,32,38)/t17-,28+/m0/s1. The summed E-state index contributed by atoms with van der Waals surface area (Å²) in [6.45, 7) is 8.42. The van der Waals surface area contributed by atoms with Gasteiger partial charge in [0.1, 0.15) is 28.7 Å². The average Bonchev–Trinajstić information content (AvgIpc) is 3.23. The van der Waals surface area contributed by atoms with Crippen LogP contribution in [0.5, 0.6) is 0 Å². The van der Waals surface area contributed by atoms with Gasteiger partial charge < -0.3 is 24.8 Å². The molecule has 2 aromatic heterocycles. The largest absolute Gasteiger partial charge is 0.444 e. The van der Waals surface area contributed by atoms with Crippen LogP contribution in [0, 0.1) is 23.0 Å². The molecule has 12 heteroatoms. The Morgan fingerprint density at radius 2 is 1.85 bits per heavy atom. The molecule has 40 heavy (non-hydrogen) atoms. The number of hydrogen-bond acceptors (Lipinski definition) is 6. The fourth-order valence-electron chi connectivity index (χ4n) is 6.71. The van der Waals surface area contributed by atoms with Crippen molar-refractivity contribution in [2.75, 3.05) is 42.9 Å². The molecule has 0 bridgehead atoms. The molecule has 4 aliphatic rings. The summed E-state index contributed by atoms with van der Waals surface area (Å²) in [6, 6.07) is 5.18. The highest BCUT2D eigenvalue weighted by molar-refractivity contribution is 5.93. The Balaban J connectivity index is 1.04. The fourth-order valence-corrected chi connectivity index (χ4v) is 6.71. The minimum atomic E-state index is -0.608.